The topological polar surface area (TPSA) is 48.9 Å². The lowest BCUT2D eigenvalue weighted by Crippen LogP contribution is -2.60. The fourth-order valence-corrected chi connectivity index (χ4v) is 4.97. The zero-order valence-electron chi connectivity index (χ0n) is 15.4. The van der Waals surface area contributed by atoms with Gasteiger partial charge in [-0.05, 0) is 24.7 Å². The Morgan fingerprint density at radius 3 is 2.64 bits per heavy atom. The summed E-state index contributed by atoms with van der Waals surface area (Å²) in [7, 11) is 1.84. The molecule has 138 valence electrons. The summed E-state index contributed by atoms with van der Waals surface area (Å²) in [5, 5.41) is 7.01. The van der Waals surface area contributed by atoms with Crippen LogP contribution in [0.3, 0.4) is 0 Å². The predicted octanol–water partition coefficient (Wildman–Crippen LogP) is 1.87. The molecule has 0 saturated carbocycles. The maximum Gasteiger partial charge on any atom is 0.191 e. The number of aryl methyl sites for hydroxylation is 1. The Hall–Kier alpha value is -1.24. The summed E-state index contributed by atoms with van der Waals surface area (Å²) in [5.74, 6) is 3.31. The second-order valence-electron chi connectivity index (χ2n) is 6.89. The number of nitrogens with zero attached hydrogens (tertiary/aromatic N) is 2. The van der Waals surface area contributed by atoms with Gasteiger partial charge in [-0.2, -0.15) is 11.8 Å². The molecular weight excluding hydrogens is 332 g/mol. The highest BCUT2D eigenvalue weighted by Gasteiger charge is 2.40. The Bertz CT molecular complexity index is 563. The summed E-state index contributed by atoms with van der Waals surface area (Å²) >= 11 is 2.06. The lowest BCUT2D eigenvalue weighted by Gasteiger charge is -2.43. The van der Waals surface area contributed by atoms with Gasteiger partial charge in [0.15, 0.2) is 5.96 Å². The Balaban J connectivity index is 1.54. The molecule has 5 nitrogen and oxygen atoms in total. The number of nitrogens with one attached hydrogen (secondary N) is 2. The van der Waals surface area contributed by atoms with E-state index in [9.17, 15) is 0 Å². The number of ether oxygens (including phenoxy) is 1. The van der Waals surface area contributed by atoms with Crippen molar-refractivity contribution in [2.45, 2.75) is 25.4 Å². The summed E-state index contributed by atoms with van der Waals surface area (Å²) in [5.41, 5.74) is 2.79. The maximum atomic E-state index is 5.54. The lowest BCUT2D eigenvalue weighted by molar-refractivity contribution is -0.0120. The Labute approximate surface area is 155 Å². The number of rotatable bonds is 5. The van der Waals surface area contributed by atoms with E-state index in [0.717, 1.165) is 45.4 Å². The fraction of sp³-hybridized carbons (Fsp3) is 0.632. The highest BCUT2D eigenvalue weighted by Crippen LogP contribution is 2.33. The molecule has 25 heavy (non-hydrogen) atoms. The van der Waals surface area contributed by atoms with Crippen molar-refractivity contribution in [2.75, 3.05) is 51.4 Å². The Kier molecular flexibility index (Phi) is 6.62. The first-order valence-corrected chi connectivity index (χ1v) is 10.3. The van der Waals surface area contributed by atoms with E-state index in [1.165, 1.54) is 29.1 Å². The minimum atomic E-state index is 0.232. The van der Waals surface area contributed by atoms with Crippen molar-refractivity contribution >= 4 is 17.7 Å². The molecule has 0 bridgehead atoms. The van der Waals surface area contributed by atoms with Crippen LogP contribution in [0.1, 0.15) is 17.5 Å². The van der Waals surface area contributed by atoms with Crippen molar-refractivity contribution in [3.63, 3.8) is 0 Å². The first kappa shape index (κ1) is 18.5. The molecule has 2 fully saturated rings. The molecule has 1 aromatic carbocycles. The van der Waals surface area contributed by atoms with E-state index >= 15 is 0 Å². The zero-order valence-corrected chi connectivity index (χ0v) is 16.2. The summed E-state index contributed by atoms with van der Waals surface area (Å²) in [6.07, 6.45) is 1.24. The monoisotopic (exact) mass is 362 g/mol. The van der Waals surface area contributed by atoms with Gasteiger partial charge in [0, 0.05) is 44.5 Å². The molecule has 6 heteroatoms. The number of hydrogen-bond donors (Lipinski definition) is 2. The normalized spacial score (nSPS) is 25.1. The Morgan fingerprint density at radius 2 is 2.00 bits per heavy atom. The highest BCUT2D eigenvalue weighted by molar-refractivity contribution is 7.99. The van der Waals surface area contributed by atoms with Gasteiger partial charge in [0.1, 0.15) is 0 Å². The van der Waals surface area contributed by atoms with Crippen LogP contribution in [-0.2, 0) is 11.3 Å². The molecule has 2 N–H and O–H groups in total. The molecule has 2 saturated heterocycles. The number of hydrogen-bond acceptors (Lipinski definition) is 4. The average molecular weight is 363 g/mol. The minimum absolute atomic E-state index is 0.232. The molecule has 2 aliphatic heterocycles. The molecule has 1 atom stereocenters. The zero-order chi connectivity index (χ0) is 17.5. The van der Waals surface area contributed by atoms with E-state index in [1.807, 2.05) is 7.05 Å². The van der Waals surface area contributed by atoms with Crippen LogP contribution in [0.25, 0.3) is 0 Å². The van der Waals surface area contributed by atoms with Crippen molar-refractivity contribution in [1.29, 1.82) is 0 Å². The second kappa shape index (κ2) is 8.92. The molecule has 1 unspecified atom stereocenters. The van der Waals surface area contributed by atoms with Crippen molar-refractivity contribution in [1.82, 2.24) is 15.5 Å². The lowest BCUT2D eigenvalue weighted by atomic mass is 9.95. The summed E-state index contributed by atoms with van der Waals surface area (Å²) in [6, 6.07) is 8.63. The van der Waals surface area contributed by atoms with Crippen LogP contribution in [0.4, 0.5) is 0 Å². The molecule has 1 aromatic rings. The van der Waals surface area contributed by atoms with Gasteiger partial charge in [0.2, 0.25) is 0 Å². The van der Waals surface area contributed by atoms with E-state index in [0.29, 0.717) is 0 Å². The molecule has 3 rings (SSSR count). The predicted molar refractivity (Wildman–Crippen MR) is 106 cm³/mol. The summed E-state index contributed by atoms with van der Waals surface area (Å²) in [4.78, 5) is 7.02. The standard InChI is InChI=1S/C19H30N4OS/c1-16-3-5-17(6-4-16)13-21-18(20-2)22-14-19(7-12-25-15-19)23-8-10-24-11-9-23/h3-6H,7-15H2,1-2H3,(H2,20,21,22). The van der Waals surface area contributed by atoms with Gasteiger partial charge in [-0.1, -0.05) is 29.8 Å². The van der Waals surface area contributed by atoms with Gasteiger partial charge in [0.25, 0.3) is 0 Å². The van der Waals surface area contributed by atoms with Crippen LogP contribution in [-0.4, -0.2) is 67.8 Å². The number of thioether (sulfide) groups is 1. The van der Waals surface area contributed by atoms with E-state index in [-0.39, 0.29) is 5.54 Å². The number of benzene rings is 1. The minimum Gasteiger partial charge on any atom is -0.379 e. The molecule has 0 aromatic heterocycles. The maximum absolute atomic E-state index is 5.54. The van der Waals surface area contributed by atoms with Crippen LogP contribution in [0.5, 0.6) is 0 Å². The number of morpholine rings is 1. The number of aliphatic imine (C=N–C) groups is 1. The molecule has 0 spiro atoms. The van der Waals surface area contributed by atoms with E-state index in [1.54, 1.807) is 0 Å². The van der Waals surface area contributed by atoms with Crippen molar-refractivity contribution in [3.8, 4) is 0 Å². The fourth-order valence-electron chi connectivity index (χ4n) is 3.50. The van der Waals surface area contributed by atoms with Crippen molar-refractivity contribution in [3.05, 3.63) is 35.4 Å². The van der Waals surface area contributed by atoms with E-state index < -0.39 is 0 Å². The molecule has 0 aliphatic carbocycles. The molecule has 0 amide bonds. The third-order valence-corrected chi connectivity index (χ3v) is 6.39. The summed E-state index contributed by atoms with van der Waals surface area (Å²) < 4.78 is 5.54. The Morgan fingerprint density at radius 1 is 1.24 bits per heavy atom. The number of guanidine groups is 1. The highest BCUT2D eigenvalue weighted by atomic mass is 32.2. The van der Waals surface area contributed by atoms with Crippen LogP contribution >= 0.6 is 11.8 Å². The van der Waals surface area contributed by atoms with Gasteiger partial charge in [-0.15, -0.1) is 0 Å². The second-order valence-corrected chi connectivity index (χ2v) is 8.00. The quantitative estimate of drug-likeness (QED) is 0.619. The SMILES string of the molecule is CN=C(NCc1ccc(C)cc1)NCC1(N2CCOCC2)CCSC1. The third kappa shape index (κ3) is 4.90. The largest absolute Gasteiger partial charge is 0.379 e. The first-order chi connectivity index (χ1) is 12.2. The van der Waals surface area contributed by atoms with Gasteiger partial charge in [0.05, 0.1) is 13.2 Å². The van der Waals surface area contributed by atoms with Crippen LogP contribution < -0.4 is 10.6 Å². The van der Waals surface area contributed by atoms with Gasteiger partial charge in [-0.3, -0.25) is 9.89 Å². The third-order valence-electron chi connectivity index (χ3n) is 5.15. The van der Waals surface area contributed by atoms with Crippen LogP contribution in [0.2, 0.25) is 0 Å². The average Bonchev–Trinajstić information content (AvgIpc) is 3.14. The van der Waals surface area contributed by atoms with Gasteiger partial charge >= 0.3 is 0 Å². The molecule has 2 heterocycles. The first-order valence-electron chi connectivity index (χ1n) is 9.12. The molecule has 2 aliphatic rings. The van der Waals surface area contributed by atoms with Gasteiger partial charge < -0.3 is 15.4 Å². The molecular formula is C19H30N4OS. The van der Waals surface area contributed by atoms with E-state index in [4.69, 9.17) is 4.74 Å². The van der Waals surface area contributed by atoms with Crippen LogP contribution in [0, 0.1) is 6.92 Å². The van der Waals surface area contributed by atoms with Crippen LogP contribution in [0.15, 0.2) is 29.3 Å². The molecule has 0 radical (unpaired) electrons. The van der Waals surface area contributed by atoms with Crippen molar-refractivity contribution < 1.29 is 4.74 Å². The summed E-state index contributed by atoms with van der Waals surface area (Å²) in [6.45, 7) is 7.63. The smallest absolute Gasteiger partial charge is 0.191 e. The van der Waals surface area contributed by atoms with Gasteiger partial charge in [-0.25, -0.2) is 0 Å². The van der Waals surface area contributed by atoms with E-state index in [2.05, 4.69) is 63.5 Å². The van der Waals surface area contributed by atoms with Crippen molar-refractivity contribution in [2.24, 2.45) is 4.99 Å².